The summed E-state index contributed by atoms with van der Waals surface area (Å²) in [5.74, 6) is 0.118. The van der Waals surface area contributed by atoms with Gasteiger partial charge in [0.25, 0.3) is 0 Å². The molecule has 0 amide bonds. The van der Waals surface area contributed by atoms with Crippen LogP contribution < -0.4 is 10.4 Å². The first-order valence-corrected chi connectivity index (χ1v) is 6.98. The number of benzene rings is 1. The topological polar surface area (TPSA) is 56.5 Å². The molecule has 0 atom stereocenters. The molecule has 4 heteroatoms. The zero-order chi connectivity index (χ0) is 14.1. The first-order chi connectivity index (χ1) is 9.69. The third-order valence-electron chi connectivity index (χ3n) is 3.72. The summed E-state index contributed by atoms with van der Waals surface area (Å²) < 4.78 is 10.5. The van der Waals surface area contributed by atoms with Crippen LogP contribution in [0.3, 0.4) is 0 Å². The highest BCUT2D eigenvalue weighted by molar-refractivity contribution is 5.83. The average Bonchev–Trinajstić information content (AvgIpc) is 2.47. The minimum absolute atomic E-state index is 0.258. The Kier molecular flexibility index (Phi) is 3.30. The quantitative estimate of drug-likeness (QED) is 0.479. The van der Waals surface area contributed by atoms with E-state index in [1.165, 1.54) is 0 Å². The van der Waals surface area contributed by atoms with Crippen molar-refractivity contribution in [2.45, 2.75) is 39.0 Å². The maximum absolute atomic E-state index is 12.0. The molecule has 0 radical (unpaired) electrons. The molecule has 1 aromatic heterocycles. The Bertz CT molecular complexity index is 727. The molecule has 20 heavy (non-hydrogen) atoms. The highest BCUT2D eigenvalue weighted by Crippen LogP contribution is 2.29. The van der Waals surface area contributed by atoms with Crippen molar-refractivity contribution in [2.75, 3.05) is 0 Å². The van der Waals surface area contributed by atoms with Gasteiger partial charge in [-0.1, -0.05) is 6.92 Å². The van der Waals surface area contributed by atoms with E-state index in [4.69, 9.17) is 9.15 Å². The number of carbonyl (C=O) groups is 1. The molecule has 0 N–H and O–H groups in total. The van der Waals surface area contributed by atoms with Gasteiger partial charge in [-0.15, -0.1) is 0 Å². The summed E-state index contributed by atoms with van der Waals surface area (Å²) in [4.78, 5) is 23.3. The Morgan fingerprint density at radius 2 is 2.00 bits per heavy atom. The third kappa shape index (κ3) is 2.22. The van der Waals surface area contributed by atoms with E-state index in [2.05, 4.69) is 0 Å². The van der Waals surface area contributed by atoms with E-state index >= 15 is 0 Å². The summed E-state index contributed by atoms with van der Waals surface area (Å²) in [5, 5.41) is 0.954. The molecule has 4 nitrogen and oxygen atoms in total. The fraction of sp³-hybridized carbons (Fsp3) is 0.375. The van der Waals surface area contributed by atoms with E-state index in [-0.39, 0.29) is 11.6 Å². The molecule has 2 aromatic rings. The summed E-state index contributed by atoms with van der Waals surface area (Å²) in [6.07, 6.45) is 4.14. The second kappa shape index (κ2) is 5.12. The van der Waals surface area contributed by atoms with Gasteiger partial charge < -0.3 is 9.15 Å². The summed E-state index contributed by atoms with van der Waals surface area (Å²) >= 11 is 0. The Morgan fingerprint density at radius 1 is 1.25 bits per heavy atom. The van der Waals surface area contributed by atoms with E-state index in [9.17, 15) is 9.59 Å². The smallest absolute Gasteiger partial charge is 0.339 e. The molecule has 1 aliphatic carbocycles. The van der Waals surface area contributed by atoms with E-state index in [1.54, 1.807) is 19.1 Å². The van der Waals surface area contributed by atoms with Crippen LogP contribution in [0.25, 0.3) is 11.0 Å². The molecule has 1 heterocycles. The number of fused-ring (bicyclic) bond motifs is 3. The number of hydrogen-bond acceptors (Lipinski definition) is 4. The van der Waals surface area contributed by atoms with Gasteiger partial charge in [-0.3, -0.25) is 4.79 Å². The van der Waals surface area contributed by atoms with E-state index in [0.29, 0.717) is 17.8 Å². The Labute approximate surface area is 116 Å². The number of ether oxygens (including phenoxy) is 1. The molecule has 1 aliphatic rings. The van der Waals surface area contributed by atoms with Crippen LogP contribution in [0.15, 0.2) is 27.4 Å². The van der Waals surface area contributed by atoms with Crippen LogP contribution in [0.1, 0.15) is 37.3 Å². The van der Waals surface area contributed by atoms with Gasteiger partial charge in [0.05, 0.1) is 0 Å². The van der Waals surface area contributed by atoms with Gasteiger partial charge in [0.2, 0.25) is 0 Å². The van der Waals surface area contributed by atoms with Gasteiger partial charge in [0, 0.05) is 23.4 Å². The van der Waals surface area contributed by atoms with Gasteiger partial charge in [0.1, 0.15) is 11.3 Å². The minimum atomic E-state index is -0.301. The Morgan fingerprint density at radius 3 is 2.75 bits per heavy atom. The zero-order valence-corrected chi connectivity index (χ0v) is 11.4. The predicted molar refractivity (Wildman–Crippen MR) is 75.1 cm³/mol. The van der Waals surface area contributed by atoms with Crippen molar-refractivity contribution < 1.29 is 13.9 Å². The van der Waals surface area contributed by atoms with Gasteiger partial charge in [-0.25, -0.2) is 4.79 Å². The number of aryl methyl sites for hydroxylation is 1. The van der Waals surface area contributed by atoms with Crippen LogP contribution in [-0.4, -0.2) is 5.97 Å². The molecule has 0 unspecified atom stereocenters. The SMILES string of the molecule is CCC(=O)Oc1ccc2c3c(c(=O)oc2c1)CCCC3. The lowest BCUT2D eigenvalue weighted by atomic mass is 9.91. The number of hydrogen-bond donors (Lipinski definition) is 0. The van der Waals surface area contributed by atoms with Crippen molar-refractivity contribution in [3.05, 3.63) is 39.7 Å². The molecule has 0 aliphatic heterocycles. The summed E-state index contributed by atoms with van der Waals surface area (Å²) in [5.41, 5.74) is 2.14. The number of esters is 1. The fourth-order valence-corrected chi connectivity index (χ4v) is 2.69. The highest BCUT2D eigenvalue weighted by atomic mass is 16.5. The number of carbonyl (C=O) groups excluding carboxylic acids is 1. The lowest BCUT2D eigenvalue weighted by Gasteiger charge is -2.16. The van der Waals surface area contributed by atoms with Crippen LogP contribution >= 0.6 is 0 Å². The van der Waals surface area contributed by atoms with Gasteiger partial charge >= 0.3 is 11.6 Å². The Hall–Kier alpha value is -2.10. The molecular formula is C16H16O4. The average molecular weight is 272 g/mol. The molecule has 0 spiro atoms. The molecular weight excluding hydrogens is 256 g/mol. The van der Waals surface area contributed by atoms with Crippen LogP contribution in [-0.2, 0) is 17.6 Å². The second-order valence-corrected chi connectivity index (χ2v) is 5.04. The summed E-state index contributed by atoms with van der Waals surface area (Å²) in [7, 11) is 0. The van der Waals surface area contributed by atoms with Gasteiger partial charge in [-0.05, 0) is 43.4 Å². The standard InChI is InChI=1S/C16H16O4/c1-2-15(17)19-10-7-8-12-11-5-3-4-6-13(11)16(18)20-14(12)9-10/h7-9H,2-6H2,1H3. The molecule has 0 bridgehead atoms. The summed E-state index contributed by atoms with van der Waals surface area (Å²) in [6, 6.07) is 5.25. The molecule has 0 saturated heterocycles. The largest absolute Gasteiger partial charge is 0.426 e. The maximum Gasteiger partial charge on any atom is 0.339 e. The van der Waals surface area contributed by atoms with Crippen molar-refractivity contribution in [3.63, 3.8) is 0 Å². The van der Waals surface area contributed by atoms with Crippen molar-refractivity contribution >= 4 is 16.9 Å². The molecule has 0 saturated carbocycles. The van der Waals surface area contributed by atoms with Crippen molar-refractivity contribution in [2.24, 2.45) is 0 Å². The molecule has 1 aromatic carbocycles. The minimum Gasteiger partial charge on any atom is -0.426 e. The van der Waals surface area contributed by atoms with Crippen LogP contribution in [0.2, 0.25) is 0 Å². The van der Waals surface area contributed by atoms with Gasteiger partial charge in [0.15, 0.2) is 0 Å². The third-order valence-corrected chi connectivity index (χ3v) is 3.72. The predicted octanol–water partition coefficient (Wildman–Crippen LogP) is 2.99. The van der Waals surface area contributed by atoms with Crippen LogP contribution in [0.5, 0.6) is 5.75 Å². The second-order valence-electron chi connectivity index (χ2n) is 5.04. The van der Waals surface area contributed by atoms with E-state index in [1.807, 2.05) is 6.07 Å². The van der Waals surface area contributed by atoms with Gasteiger partial charge in [-0.2, -0.15) is 0 Å². The first-order valence-electron chi connectivity index (χ1n) is 6.98. The normalized spacial score (nSPS) is 14.1. The molecule has 0 fully saturated rings. The first kappa shape index (κ1) is 12.9. The molecule has 104 valence electrons. The Balaban J connectivity index is 2.12. The van der Waals surface area contributed by atoms with Crippen molar-refractivity contribution in [3.8, 4) is 5.75 Å². The summed E-state index contributed by atoms with van der Waals surface area (Å²) in [6.45, 7) is 1.74. The zero-order valence-electron chi connectivity index (χ0n) is 11.4. The highest BCUT2D eigenvalue weighted by Gasteiger charge is 2.18. The van der Waals surface area contributed by atoms with Crippen LogP contribution in [0.4, 0.5) is 0 Å². The monoisotopic (exact) mass is 272 g/mol. The number of rotatable bonds is 2. The fourth-order valence-electron chi connectivity index (χ4n) is 2.69. The van der Waals surface area contributed by atoms with E-state index < -0.39 is 0 Å². The van der Waals surface area contributed by atoms with Crippen LogP contribution in [0, 0.1) is 0 Å². The lowest BCUT2D eigenvalue weighted by molar-refractivity contribution is -0.134. The van der Waals surface area contributed by atoms with Crippen molar-refractivity contribution in [1.82, 2.24) is 0 Å². The van der Waals surface area contributed by atoms with Crippen molar-refractivity contribution in [1.29, 1.82) is 0 Å². The van der Waals surface area contributed by atoms with E-state index in [0.717, 1.165) is 42.2 Å². The molecule has 3 rings (SSSR count). The lowest BCUT2D eigenvalue weighted by Crippen LogP contribution is -2.15. The maximum atomic E-state index is 12.0.